The van der Waals surface area contributed by atoms with Crippen molar-refractivity contribution in [3.05, 3.63) is 0 Å². The van der Waals surface area contributed by atoms with Gasteiger partial charge in [-0.2, -0.15) is 87.7 Å². The van der Waals surface area contributed by atoms with Crippen LogP contribution in [0.15, 0.2) is 0 Å². The minimum Gasteiger partial charge on any atom is -0.544 e. The molecule has 0 saturated carbocycles. The van der Waals surface area contributed by atoms with E-state index in [1.54, 1.807) is 0 Å². The van der Waals surface area contributed by atoms with E-state index in [-0.39, 0.29) is 0 Å². The van der Waals surface area contributed by atoms with Gasteiger partial charge in [0.05, 0.1) is 26.6 Å². The Bertz CT molecular complexity index is 1250. The maximum Gasteiger partial charge on any atom is 0.460 e. The number of alkyl halides is 19. The van der Waals surface area contributed by atoms with Crippen molar-refractivity contribution < 1.29 is 116 Å². The van der Waals surface area contributed by atoms with Crippen molar-refractivity contribution in [2.24, 2.45) is 0 Å². The molecule has 0 aromatic carbocycles. The molecule has 8 nitrogen and oxygen atoms in total. The third-order valence-corrected chi connectivity index (χ3v) is 7.69. The highest BCUT2D eigenvalue weighted by Gasteiger charge is 2.97. The zero-order valence-corrected chi connectivity index (χ0v) is 22.8. The van der Waals surface area contributed by atoms with E-state index in [2.05, 4.69) is 0 Å². The Labute approximate surface area is 242 Å². The van der Waals surface area contributed by atoms with Crippen LogP contribution in [0.3, 0.4) is 0 Å². The number of likely N-dealkylation sites (N-methyl/N-ethyl adjacent to an activating group) is 1. The molecule has 0 amide bonds. The first-order chi connectivity index (χ1) is 19.7. The Morgan fingerprint density at radius 1 is 0.652 bits per heavy atom. The predicted molar refractivity (Wildman–Crippen MR) is 105 cm³/mol. The van der Waals surface area contributed by atoms with Gasteiger partial charge in [-0.25, -0.2) is 8.42 Å². The van der Waals surface area contributed by atoms with Gasteiger partial charge >= 0.3 is 58.9 Å². The third-order valence-electron chi connectivity index (χ3n) is 5.79. The fraction of sp³-hybridized carbons (Fsp3) is 0.889. The molecule has 274 valence electrons. The molecule has 0 aromatic rings. The number of sulfonamides is 1. The quantitative estimate of drug-likeness (QED) is 0.180. The van der Waals surface area contributed by atoms with Crippen LogP contribution in [0.25, 0.3) is 0 Å². The second-order valence-electron chi connectivity index (χ2n) is 9.81. The zero-order chi connectivity index (χ0) is 37.8. The van der Waals surface area contributed by atoms with Gasteiger partial charge in [0.2, 0.25) is 0 Å². The molecule has 0 saturated heterocycles. The fourth-order valence-corrected chi connectivity index (χ4v) is 4.64. The first-order valence-electron chi connectivity index (χ1n) is 11.0. The normalized spacial score (nSPS) is 15.8. The molecular formula is C18H17F19N2O6S. The fourth-order valence-electron chi connectivity index (χ4n) is 3.21. The molecule has 0 aromatic heterocycles. The summed E-state index contributed by atoms with van der Waals surface area (Å²) in [7, 11) is -5.94. The van der Waals surface area contributed by atoms with Crippen LogP contribution in [0, 0.1) is 0 Å². The summed E-state index contributed by atoms with van der Waals surface area (Å²) in [6, 6.07) is 0. The van der Waals surface area contributed by atoms with Crippen molar-refractivity contribution in [3.63, 3.8) is 0 Å². The van der Waals surface area contributed by atoms with Crippen molar-refractivity contribution in [1.82, 2.24) is 4.31 Å². The number of hydrogen-bond donors (Lipinski definition) is 1. The van der Waals surface area contributed by atoms with Crippen LogP contribution < -0.4 is 5.11 Å². The zero-order valence-electron chi connectivity index (χ0n) is 22.0. The number of quaternary nitrogens is 1. The van der Waals surface area contributed by atoms with Gasteiger partial charge < -0.3 is 19.5 Å². The molecule has 28 heteroatoms. The Kier molecular flexibility index (Phi) is 11.5. The van der Waals surface area contributed by atoms with Crippen molar-refractivity contribution in [2.45, 2.75) is 59.3 Å². The number of carboxylic acids is 2. The van der Waals surface area contributed by atoms with Gasteiger partial charge in [-0.3, -0.25) is 4.79 Å². The number of carbonyl (C=O) groups excluding carboxylic acids is 1. The number of halogens is 19. The van der Waals surface area contributed by atoms with E-state index in [0.717, 1.165) is 14.1 Å². The smallest absolute Gasteiger partial charge is 0.460 e. The van der Waals surface area contributed by atoms with Gasteiger partial charge in [-0.15, -0.1) is 0 Å². The Hall–Kier alpha value is -2.52. The number of carbonyl (C=O) groups is 2. The summed E-state index contributed by atoms with van der Waals surface area (Å²) in [6.45, 7) is -6.00. The molecule has 1 N–H and O–H groups in total. The van der Waals surface area contributed by atoms with Crippen LogP contribution in [0.4, 0.5) is 83.4 Å². The SMILES string of the molecule is C[N+](C)(CCCN(CC(=O)O)S(=O)(=O)C(F)(F)C(F)(F)C(F)(F)C(F)(F)C(F)(F)C(F)(F)C(F)(F)C(F)(F)C(F)(F)F)CC(=O)[O-]. The van der Waals surface area contributed by atoms with Crippen molar-refractivity contribution >= 4 is 22.0 Å². The lowest BCUT2D eigenvalue weighted by Gasteiger charge is -2.43. The summed E-state index contributed by atoms with van der Waals surface area (Å²) in [5.41, 5.74) is 0. The molecular weight excluding hydrogens is 733 g/mol. The molecule has 0 aliphatic heterocycles. The average Bonchev–Trinajstić information content (AvgIpc) is 2.80. The Morgan fingerprint density at radius 2 is 0.978 bits per heavy atom. The summed E-state index contributed by atoms with van der Waals surface area (Å²) in [5, 5.41) is 11.3. The predicted octanol–water partition coefficient (Wildman–Crippen LogP) is 3.52. The van der Waals surface area contributed by atoms with Gasteiger partial charge in [-0.05, 0) is 0 Å². The lowest BCUT2D eigenvalue weighted by molar-refractivity contribution is -0.884. The molecule has 0 unspecified atom stereocenters. The van der Waals surface area contributed by atoms with Crippen LogP contribution in [-0.2, 0) is 19.6 Å². The number of nitrogens with zero attached hydrogens (tertiary/aromatic N) is 2. The lowest BCUT2D eigenvalue weighted by Crippen LogP contribution is -2.76. The highest BCUT2D eigenvalue weighted by Crippen LogP contribution is 2.65. The molecule has 0 bridgehead atoms. The first-order valence-corrected chi connectivity index (χ1v) is 12.5. The topological polar surface area (TPSA) is 115 Å². The van der Waals surface area contributed by atoms with E-state index < -0.39 is 116 Å². The maximum atomic E-state index is 14.5. The average molecular weight is 750 g/mol. The van der Waals surface area contributed by atoms with Crippen molar-refractivity contribution in [3.8, 4) is 0 Å². The second kappa shape index (κ2) is 12.2. The second-order valence-corrected chi connectivity index (χ2v) is 11.8. The summed E-state index contributed by atoms with van der Waals surface area (Å²) >= 11 is 0. The summed E-state index contributed by atoms with van der Waals surface area (Å²) in [4.78, 5) is 21.6. The summed E-state index contributed by atoms with van der Waals surface area (Å²) < 4.78 is 279. The number of aliphatic carboxylic acids is 2. The Morgan fingerprint density at radius 3 is 1.28 bits per heavy atom. The summed E-state index contributed by atoms with van der Waals surface area (Å²) in [6.07, 6.45) is -9.14. The highest BCUT2D eigenvalue weighted by molar-refractivity contribution is 7.90. The van der Waals surface area contributed by atoms with Gasteiger partial charge in [0.1, 0.15) is 13.1 Å². The number of rotatable bonds is 17. The van der Waals surface area contributed by atoms with Gasteiger partial charge in [0.25, 0.3) is 10.0 Å². The molecule has 0 aliphatic rings. The minimum absolute atomic E-state index is 0.742. The molecule has 0 fully saturated rings. The Balaban J connectivity index is 7.07. The number of carboxylic acid groups (broad SMARTS) is 2. The van der Waals surface area contributed by atoms with Gasteiger partial charge in [0.15, 0.2) is 0 Å². The van der Waals surface area contributed by atoms with Gasteiger partial charge in [0, 0.05) is 13.0 Å². The van der Waals surface area contributed by atoms with Crippen molar-refractivity contribution in [1.29, 1.82) is 0 Å². The molecule has 46 heavy (non-hydrogen) atoms. The molecule has 0 radical (unpaired) electrons. The number of hydrogen-bond acceptors (Lipinski definition) is 5. The minimum atomic E-state index is -9.27. The lowest BCUT2D eigenvalue weighted by atomic mass is 9.89. The van der Waals surface area contributed by atoms with Crippen LogP contribution in [0.1, 0.15) is 6.42 Å². The van der Waals surface area contributed by atoms with Crippen LogP contribution in [-0.4, -0.2) is 127 Å². The van der Waals surface area contributed by atoms with E-state index in [1.807, 2.05) is 0 Å². The monoisotopic (exact) mass is 750 g/mol. The maximum absolute atomic E-state index is 14.5. The standard InChI is InChI=1S/C18H17F19N2O6S/c1-39(2,7-9(42)43)5-3-4-38(6-8(40)41)46(44,45)18(36,37)16(31,32)14(27,28)12(23,24)10(19,20)11(21,22)13(25,26)15(29,30)17(33,34)35/h3-7H2,1-2H3,(H-,40,41,42,43). The molecule has 0 spiro atoms. The molecule has 0 heterocycles. The van der Waals surface area contributed by atoms with E-state index in [0.29, 0.717) is 0 Å². The van der Waals surface area contributed by atoms with E-state index >= 15 is 0 Å². The van der Waals surface area contributed by atoms with Crippen LogP contribution in [0.2, 0.25) is 0 Å². The van der Waals surface area contributed by atoms with E-state index in [9.17, 15) is 107 Å². The van der Waals surface area contributed by atoms with Gasteiger partial charge in [-0.1, -0.05) is 0 Å². The molecule has 0 rings (SSSR count). The van der Waals surface area contributed by atoms with E-state index in [4.69, 9.17) is 5.11 Å². The summed E-state index contributed by atoms with van der Waals surface area (Å²) in [5.74, 6) is -67.4. The van der Waals surface area contributed by atoms with Crippen LogP contribution >= 0.6 is 0 Å². The highest BCUT2D eigenvalue weighted by atomic mass is 32.2. The largest absolute Gasteiger partial charge is 0.544 e. The molecule has 0 atom stereocenters. The van der Waals surface area contributed by atoms with E-state index in [1.165, 1.54) is 0 Å². The first kappa shape index (κ1) is 43.5. The van der Waals surface area contributed by atoms with Crippen LogP contribution in [0.5, 0.6) is 0 Å². The third kappa shape index (κ3) is 6.73. The molecule has 0 aliphatic carbocycles. The van der Waals surface area contributed by atoms with Crippen molar-refractivity contribution in [2.75, 3.05) is 40.3 Å².